The third-order valence-electron chi connectivity index (χ3n) is 3.27. The summed E-state index contributed by atoms with van der Waals surface area (Å²) >= 11 is 0. The number of aromatic carboxylic acids is 1. The Morgan fingerprint density at radius 2 is 2.19 bits per heavy atom. The molecule has 1 saturated heterocycles. The van der Waals surface area contributed by atoms with Crippen molar-refractivity contribution in [2.24, 2.45) is 0 Å². The van der Waals surface area contributed by atoms with Crippen molar-refractivity contribution in [3.05, 3.63) is 17.5 Å². The number of carboxylic acids is 1. The Labute approximate surface area is 122 Å². The molecule has 1 aliphatic heterocycles. The monoisotopic (exact) mass is 296 g/mol. The van der Waals surface area contributed by atoms with E-state index in [-0.39, 0.29) is 17.6 Å². The largest absolute Gasteiger partial charge is 0.478 e. The molecule has 0 radical (unpaired) electrons. The van der Waals surface area contributed by atoms with Crippen LogP contribution in [-0.2, 0) is 4.74 Å². The highest BCUT2D eigenvalue weighted by Gasteiger charge is 2.32. The van der Waals surface area contributed by atoms with Gasteiger partial charge in [0.2, 0.25) is 0 Å². The number of piperidine rings is 1. The maximum Gasteiger partial charge on any atom is 0.410 e. The van der Waals surface area contributed by atoms with Crippen molar-refractivity contribution in [3.8, 4) is 0 Å². The zero-order valence-corrected chi connectivity index (χ0v) is 12.5. The van der Waals surface area contributed by atoms with Crippen LogP contribution < -0.4 is 0 Å². The molecule has 2 heterocycles. The van der Waals surface area contributed by atoms with E-state index in [0.29, 0.717) is 18.8 Å². The summed E-state index contributed by atoms with van der Waals surface area (Å²) < 4.78 is 10.4. The number of ether oxygens (including phenoxy) is 1. The molecule has 1 atom stereocenters. The Hall–Kier alpha value is -2.05. The molecule has 21 heavy (non-hydrogen) atoms. The fourth-order valence-electron chi connectivity index (χ4n) is 2.39. The van der Waals surface area contributed by atoms with Crippen LogP contribution in [0, 0.1) is 0 Å². The first-order valence-electron chi connectivity index (χ1n) is 6.93. The predicted octanol–water partition coefficient (Wildman–Crippen LogP) is 2.49. The van der Waals surface area contributed by atoms with E-state index in [0.717, 1.165) is 12.8 Å². The minimum Gasteiger partial charge on any atom is -0.478 e. The molecule has 0 aliphatic carbocycles. The third kappa shape index (κ3) is 3.74. The molecular weight excluding hydrogens is 276 g/mol. The molecule has 1 aromatic rings. The summed E-state index contributed by atoms with van der Waals surface area (Å²) in [6.45, 7) is 6.41. The normalized spacial score (nSPS) is 19.4. The van der Waals surface area contributed by atoms with Gasteiger partial charge in [-0.25, -0.2) is 9.59 Å². The second-order valence-corrected chi connectivity index (χ2v) is 6.17. The van der Waals surface area contributed by atoms with Crippen LogP contribution in [0.2, 0.25) is 0 Å². The second-order valence-electron chi connectivity index (χ2n) is 6.17. The topological polar surface area (TPSA) is 92.9 Å². The maximum absolute atomic E-state index is 12.1. The van der Waals surface area contributed by atoms with Gasteiger partial charge in [-0.05, 0) is 33.6 Å². The van der Waals surface area contributed by atoms with Crippen LogP contribution in [0.3, 0.4) is 0 Å². The molecule has 0 bridgehead atoms. The van der Waals surface area contributed by atoms with Crippen molar-refractivity contribution in [1.29, 1.82) is 0 Å². The predicted molar refractivity (Wildman–Crippen MR) is 73.2 cm³/mol. The van der Waals surface area contributed by atoms with Crippen LogP contribution in [0.15, 0.2) is 10.7 Å². The van der Waals surface area contributed by atoms with Crippen molar-refractivity contribution < 1.29 is 24.0 Å². The molecular formula is C14H20N2O5. The summed E-state index contributed by atoms with van der Waals surface area (Å²) in [6.07, 6.45) is 2.34. The number of hydrogen-bond donors (Lipinski definition) is 1. The molecule has 1 unspecified atom stereocenters. The summed E-state index contributed by atoms with van der Waals surface area (Å²) in [6, 6.07) is 0. The van der Waals surface area contributed by atoms with E-state index in [1.54, 1.807) is 4.90 Å². The zero-order valence-electron chi connectivity index (χ0n) is 12.5. The number of likely N-dealkylation sites (tertiary alicyclic amines) is 1. The summed E-state index contributed by atoms with van der Waals surface area (Å²) in [7, 11) is 0. The van der Waals surface area contributed by atoms with Crippen LogP contribution >= 0.6 is 0 Å². The summed E-state index contributed by atoms with van der Waals surface area (Å²) in [4.78, 5) is 24.8. The lowest BCUT2D eigenvalue weighted by Crippen LogP contribution is -2.42. The smallest absolute Gasteiger partial charge is 0.410 e. The van der Waals surface area contributed by atoms with E-state index < -0.39 is 11.6 Å². The molecule has 7 nitrogen and oxygen atoms in total. The standard InChI is InChI=1S/C14H20N2O5/c1-14(2,3)20-13(19)16-6-4-5-9(8-16)11-10(12(17)18)7-15-21-11/h7,9H,4-6,8H2,1-3H3,(H,17,18). The lowest BCUT2D eigenvalue weighted by molar-refractivity contribution is 0.0190. The molecule has 0 saturated carbocycles. The first kappa shape index (κ1) is 15.3. The van der Waals surface area contributed by atoms with Crippen LogP contribution in [0.4, 0.5) is 4.79 Å². The SMILES string of the molecule is CC(C)(C)OC(=O)N1CCCC(c2oncc2C(=O)O)C1. The fourth-order valence-corrected chi connectivity index (χ4v) is 2.39. The molecule has 1 aromatic heterocycles. The summed E-state index contributed by atoms with van der Waals surface area (Å²) in [5.74, 6) is -0.906. The third-order valence-corrected chi connectivity index (χ3v) is 3.27. The van der Waals surface area contributed by atoms with E-state index in [4.69, 9.17) is 14.4 Å². The second kappa shape index (κ2) is 5.75. The van der Waals surface area contributed by atoms with Crippen LogP contribution in [0.1, 0.15) is 55.6 Å². The van der Waals surface area contributed by atoms with Gasteiger partial charge in [-0.2, -0.15) is 0 Å². The first-order valence-corrected chi connectivity index (χ1v) is 6.93. The number of nitrogens with zero attached hydrogens (tertiary/aromatic N) is 2. The van der Waals surface area contributed by atoms with Gasteiger partial charge in [0.15, 0.2) is 5.76 Å². The Morgan fingerprint density at radius 1 is 1.48 bits per heavy atom. The Balaban J connectivity index is 2.09. The van der Waals surface area contributed by atoms with Gasteiger partial charge in [-0.1, -0.05) is 5.16 Å². The van der Waals surface area contributed by atoms with E-state index in [2.05, 4.69) is 5.16 Å². The average Bonchev–Trinajstić information content (AvgIpc) is 2.86. The van der Waals surface area contributed by atoms with Gasteiger partial charge in [0.1, 0.15) is 11.2 Å². The Kier molecular flexibility index (Phi) is 4.20. The lowest BCUT2D eigenvalue weighted by Gasteiger charge is -2.33. The summed E-state index contributed by atoms with van der Waals surface area (Å²) in [5, 5.41) is 12.7. The highest BCUT2D eigenvalue weighted by molar-refractivity contribution is 5.88. The van der Waals surface area contributed by atoms with E-state index in [1.807, 2.05) is 20.8 Å². The van der Waals surface area contributed by atoms with Crippen molar-refractivity contribution in [1.82, 2.24) is 10.1 Å². The van der Waals surface area contributed by atoms with E-state index >= 15 is 0 Å². The highest BCUT2D eigenvalue weighted by atomic mass is 16.6. The Bertz CT molecular complexity index is 532. The highest BCUT2D eigenvalue weighted by Crippen LogP contribution is 2.30. The van der Waals surface area contributed by atoms with Crippen molar-refractivity contribution in [2.75, 3.05) is 13.1 Å². The van der Waals surface area contributed by atoms with Crippen LogP contribution in [0.25, 0.3) is 0 Å². The fraction of sp³-hybridized carbons (Fsp3) is 0.643. The Morgan fingerprint density at radius 3 is 2.81 bits per heavy atom. The van der Waals surface area contributed by atoms with Crippen LogP contribution in [0.5, 0.6) is 0 Å². The van der Waals surface area contributed by atoms with Gasteiger partial charge in [0.05, 0.1) is 6.20 Å². The van der Waals surface area contributed by atoms with Gasteiger partial charge in [-0.3, -0.25) is 0 Å². The zero-order chi connectivity index (χ0) is 15.6. The number of rotatable bonds is 2. The van der Waals surface area contributed by atoms with Gasteiger partial charge in [0.25, 0.3) is 0 Å². The number of carboxylic acid groups (broad SMARTS) is 1. The molecule has 1 amide bonds. The molecule has 7 heteroatoms. The molecule has 0 aromatic carbocycles. The van der Waals surface area contributed by atoms with Gasteiger partial charge in [0, 0.05) is 19.0 Å². The molecule has 116 valence electrons. The van der Waals surface area contributed by atoms with Gasteiger partial charge >= 0.3 is 12.1 Å². The molecule has 1 fully saturated rings. The number of carbonyl (C=O) groups is 2. The lowest BCUT2D eigenvalue weighted by atomic mass is 9.93. The maximum atomic E-state index is 12.1. The van der Waals surface area contributed by atoms with E-state index in [1.165, 1.54) is 6.20 Å². The van der Waals surface area contributed by atoms with Crippen molar-refractivity contribution in [2.45, 2.75) is 45.1 Å². The molecule has 1 N–H and O–H groups in total. The quantitative estimate of drug-likeness (QED) is 0.901. The van der Waals surface area contributed by atoms with Crippen molar-refractivity contribution >= 4 is 12.1 Å². The first-order chi connectivity index (χ1) is 9.78. The number of hydrogen-bond acceptors (Lipinski definition) is 5. The minimum atomic E-state index is -1.07. The van der Waals surface area contributed by atoms with Gasteiger partial charge < -0.3 is 19.3 Å². The number of amides is 1. The average molecular weight is 296 g/mol. The van der Waals surface area contributed by atoms with E-state index in [9.17, 15) is 9.59 Å². The molecule has 1 aliphatic rings. The summed E-state index contributed by atoms with van der Waals surface area (Å²) in [5.41, 5.74) is -0.492. The molecule has 2 rings (SSSR count). The molecule has 0 spiro atoms. The number of aromatic nitrogens is 1. The van der Waals surface area contributed by atoms with Gasteiger partial charge in [-0.15, -0.1) is 0 Å². The van der Waals surface area contributed by atoms with Crippen molar-refractivity contribution in [3.63, 3.8) is 0 Å². The number of carbonyl (C=O) groups excluding carboxylic acids is 1. The van der Waals surface area contributed by atoms with Crippen LogP contribution in [-0.4, -0.2) is 45.9 Å². The minimum absolute atomic E-state index is 0.0611.